The smallest absolute Gasteiger partial charge is 0.333 e. The van der Waals surface area contributed by atoms with Crippen molar-refractivity contribution in [3.63, 3.8) is 0 Å². The molecule has 0 spiro atoms. The maximum absolute atomic E-state index is 13.2. The molecule has 3 rings (SSSR count). The van der Waals surface area contributed by atoms with Gasteiger partial charge in [0.1, 0.15) is 6.04 Å². The lowest BCUT2D eigenvalue weighted by Gasteiger charge is -2.43. The van der Waals surface area contributed by atoms with Crippen molar-refractivity contribution in [3.8, 4) is 0 Å². The first-order chi connectivity index (χ1) is 17.4. The molecule has 0 aliphatic rings. The summed E-state index contributed by atoms with van der Waals surface area (Å²) in [5.74, 6) is -0.670. The molecule has 0 aliphatic heterocycles. The van der Waals surface area contributed by atoms with Crippen molar-refractivity contribution < 1.29 is 22.4 Å². The molecule has 9 heteroatoms. The third kappa shape index (κ3) is 6.21. The van der Waals surface area contributed by atoms with Crippen molar-refractivity contribution in [3.05, 3.63) is 96.0 Å². The van der Waals surface area contributed by atoms with E-state index in [2.05, 4.69) is 30.3 Å². The fourth-order valence-electron chi connectivity index (χ4n) is 4.41. The zero-order valence-electron chi connectivity index (χ0n) is 21.8. The second-order valence-electron chi connectivity index (χ2n) is 10.0. The van der Waals surface area contributed by atoms with Gasteiger partial charge in [-0.1, -0.05) is 99.1 Å². The van der Waals surface area contributed by atoms with Gasteiger partial charge in [0.2, 0.25) is 10.0 Å². The van der Waals surface area contributed by atoms with Crippen LogP contribution in [0.4, 0.5) is 0 Å². The van der Waals surface area contributed by atoms with Crippen LogP contribution < -0.4 is 15.1 Å². The molecule has 0 aliphatic carbocycles. The monoisotopic (exact) mass is 535 g/mol. The Morgan fingerprint density at radius 3 is 1.86 bits per heavy atom. The second-order valence-corrected chi connectivity index (χ2v) is 16.0. The van der Waals surface area contributed by atoms with E-state index in [0.717, 1.165) is 15.9 Å². The Bertz CT molecular complexity index is 1340. The SMILES string of the molecule is CC(=[N+]=[N-])C(=O)[C@H](CO[Si](c1ccccc1)(c1ccccc1)C(C)(C)C)NS(=O)(=O)c1ccc(C)cc1. The van der Waals surface area contributed by atoms with Gasteiger partial charge < -0.3 is 9.96 Å². The Kier molecular flexibility index (Phi) is 8.78. The van der Waals surface area contributed by atoms with Gasteiger partial charge in [-0.3, -0.25) is 4.79 Å². The lowest BCUT2D eigenvalue weighted by atomic mass is 10.1. The van der Waals surface area contributed by atoms with E-state index < -0.39 is 30.2 Å². The highest BCUT2D eigenvalue weighted by Gasteiger charge is 2.51. The van der Waals surface area contributed by atoms with Crippen molar-refractivity contribution in [1.82, 2.24) is 4.72 Å². The maximum Gasteiger partial charge on any atom is 0.333 e. The number of carbonyl (C=O) groups excluding carboxylic acids is 1. The highest BCUT2D eigenvalue weighted by molar-refractivity contribution is 7.89. The molecule has 3 aromatic rings. The molecule has 0 radical (unpaired) electrons. The average molecular weight is 536 g/mol. The van der Waals surface area contributed by atoms with Crippen molar-refractivity contribution >= 4 is 40.2 Å². The van der Waals surface area contributed by atoms with Gasteiger partial charge in [0, 0.05) is 6.92 Å². The van der Waals surface area contributed by atoms with Crippen LogP contribution in [-0.2, 0) is 19.2 Å². The van der Waals surface area contributed by atoms with Crippen molar-refractivity contribution in [2.75, 3.05) is 6.61 Å². The summed E-state index contributed by atoms with van der Waals surface area (Å²) in [5.41, 5.74) is 9.96. The highest BCUT2D eigenvalue weighted by atomic mass is 32.2. The zero-order valence-corrected chi connectivity index (χ0v) is 23.6. The highest BCUT2D eigenvalue weighted by Crippen LogP contribution is 2.36. The molecule has 0 unspecified atom stereocenters. The Morgan fingerprint density at radius 2 is 1.43 bits per heavy atom. The molecule has 194 valence electrons. The summed E-state index contributed by atoms with van der Waals surface area (Å²) in [6.07, 6.45) is 0. The molecule has 37 heavy (non-hydrogen) atoms. The third-order valence-corrected chi connectivity index (χ3v) is 12.8. The van der Waals surface area contributed by atoms with E-state index in [0.29, 0.717) is 0 Å². The van der Waals surface area contributed by atoms with Crippen LogP contribution in [0, 0.1) is 6.92 Å². The maximum atomic E-state index is 13.2. The summed E-state index contributed by atoms with van der Waals surface area (Å²) in [6.45, 7) is 9.21. The van der Waals surface area contributed by atoms with E-state index in [1.54, 1.807) is 12.1 Å². The topological polar surface area (TPSA) is 109 Å². The lowest BCUT2D eigenvalue weighted by molar-refractivity contribution is -0.119. The van der Waals surface area contributed by atoms with Gasteiger partial charge in [-0.05, 0) is 34.5 Å². The van der Waals surface area contributed by atoms with Gasteiger partial charge in [-0.15, -0.1) is 0 Å². The molecular formula is C28H33N3O4SSi. The van der Waals surface area contributed by atoms with Gasteiger partial charge in [-0.2, -0.15) is 9.51 Å². The number of nitrogens with zero attached hydrogens (tertiary/aromatic N) is 2. The summed E-state index contributed by atoms with van der Waals surface area (Å²) in [6, 6.07) is 24.7. The fraction of sp³-hybridized carbons (Fsp3) is 0.286. The number of rotatable bonds is 10. The van der Waals surface area contributed by atoms with Gasteiger partial charge in [-0.25, -0.2) is 8.42 Å². The summed E-state index contributed by atoms with van der Waals surface area (Å²) in [5, 5.41) is 1.61. The van der Waals surface area contributed by atoms with E-state index in [1.165, 1.54) is 19.1 Å². The minimum atomic E-state index is -4.07. The minimum Gasteiger partial charge on any atom is -0.405 e. The Labute approximate surface area is 220 Å². The van der Waals surface area contributed by atoms with Gasteiger partial charge >= 0.3 is 5.71 Å². The Hall–Kier alpha value is -3.20. The molecule has 3 aromatic carbocycles. The van der Waals surface area contributed by atoms with Crippen LogP contribution in [0.3, 0.4) is 0 Å². The summed E-state index contributed by atoms with van der Waals surface area (Å²) < 4.78 is 35.7. The summed E-state index contributed by atoms with van der Waals surface area (Å²) in [7, 11) is -7.12. The molecule has 1 atom stereocenters. The number of aryl methyl sites for hydroxylation is 1. The fourth-order valence-corrected chi connectivity index (χ4v) is 10.2. The number of hydrogen-bond acceptors (Lipinski definition) is 4. The van der Waals surface area contributed by atoms with Crippen molar-refractivity contribution in [1.29, 1.82) is 0 Å². The van der Waals surface area contributed by atoms with E-state index in [-0.39, 0.29) is 22.3 Å². The van der Waals surface area contributed by atoms with Crippen LogP contribution in [0.1, 0.15) is 33.3 Å². The standard InChI is InChI=1S/C28H33N3O4SSi/c1-21-16-18-23(19-17-21)36(33,34)31-26(27(32)22(2)30-29)20-35-37(28(3,4)5,24-12-8-6-9-13-24)25-14-10-7-11-15-25/h6-19,26,31H,20H2,1-5H3/t26-/m0/s1. The van der Waals surface area contributed by atoms with Gasteiger partial charge in [0.05, 0.1) is 11.5 Å². The Morgan fingerprint density at radius 1 is 0.946 bits per heavy atom. The van der Waals surface area contributed by atoms with Crippen LogP contribution in [0.15, 0.2) is 89.8 Å². The predicted molar refractivity (Wildman–Crippen MR) is 148 cm³/mol. The van der Waals surface area contributed by atoms with E-state index in [1.807, 2.05) is 67.6 Å². The first kappa shape index (κ1) is 28.4. The number of benzene rings is 3. The summed E-state index contributed by atoms with van der Waals surface area (Å²) in [4.78, 5) is 16.2. The molecular weight excluding hydrogens is 502 g/mol. The molecule has 0 saturated heterocycles. The molecule has 0 aromatic heterocycles. The molecule has 0 fully saturated rings. The molecule has 0 saturated carbocycles. The number of Topliss-reactive ketones (excluding diaryl/α,β-unsaturated/α-hetero) is 1. The van der Waals surface area contributed by atoms with Crippen LogP contribution >= 0.6 is 0 Å². The lowest BCUT2D eigenvalue weighted by Crippen LogP contribution is -2.67. The minimum absolute atomic E-state index is 0.0277. The number of ketones is 1. The largest absolute Gasteiger partial charge is 0.405 e. The molecule has 0 bridgehead atoms. The molecule has 0 amide bonds. The number of nitrogens with one attached hydrogen (secondary N) is 1. The van der Waals surface area contributed by atoms with Crippen molar-refractivity contribution in [2.45, 2.75) is 50.6 Å². The number of carbonyl (C=O) groups is 1. The van der Waals surface area contributed by atoms with Gasteiger partial charge in [0.15, 0.2) is 0 Å². The van der Waals surface area contributed by atoms with Crippen LogP contribution in [-0.4, -0.2) is 45.7 Å². The van der Waals surface area contributed by atoms with Crippen molar-refractivity contribution in [2.24, 2.45) is 0 Å². The molecule has 0 heterocycles. The first-order valence-electron chi connectivity index (χ1n) is 12.0. The first-order valence-corrected chi connectivity index (χ1v) is 15.4. The molecule has 1 N–H and O–H groups in total. The van der Waals surface area contributed by atoms with Crippen LogP contribution in [0.25, 0.3) is 5.53 Å². The van der Waals surface area contributed by atoms with E-state index in [4.69, 9.17) is 4.43 Å². The zero-order chi connectivity index (χ0) is 27.3. The summed E-state index contributed by atoms with van der Waals surface area (Å²) >= 11 is 0. The number of sulfonamides is 1. The average Bonchev–Trinajstić information content (AvgIpc) is 2.88. The Balaban J connectivity index is 2.09. The quantitative estimate of drug-likeness (QED) is 0.186. The van der Waals surface area contributed by atoms with Gasteiger partial charge in [0.25, 0.3) is 14.1 Å². The van der Waals surface area contributed by atoms with Crippen LogP contribution in [0.2, 0.25) is 5.04 Å². The third-order valence-electron chi connectivity index (χ3n) is 6.34. The normalized spacial score (nSPS) is 13.0. The number of hydrogen-bond donors (Lipinski definition) is 1. The predicted octanol–water partition coefficient (Wildman–Crippen LogP) is 3.48. The van der Waals surface area contributed by atoms with Crippen LogP contribution in [0.5, 0.6) is 0 Å². The van der Waals surface area contributed by atoms with E-state index in [9.17, 15) is 18.7 Å². The molecule has 7 nitrogen and oxygen atoms in total. The second kappa shape index (κ2) is 11.5. The van der Waals surface area contributed by atoms with E-state index >= 15 is 0 Å².